The van der Waals surface area contributed by atoms with Gasteiger partial charge >= 0.3 is 0 Å². The highest BCUT2D eigenvalue weighted by molar-refractivity contribution is 6.36. The number of rotatable bonds is 4. The van der Waals surface area contributed by atoms with Crippen LogP contribution in [0.15, 0.2) is 55.2 Å². The number of benzene rings is 1. The number of nitrogens with zero attached hydrogens (tertiary/aromatic N) is 3. The van der Waals surface area contributed by atoms with Gasteiger partial charge in [-0.1, -0.05) is 29.3 Å². The Balaban J connectivity index is 1.71. The fourth-order valence-corrected chi connectivity index (χ4v) is 2.46. The van der Waals surface area contributed by atoms with Gasteiger partial charge in [0.2, 0.25) is 0 Å². The van der Waals surface area contributed by atoms with Crippen LogP contribution in [-0.4, -0.2) is 14.5 Å². The quantitative estimate of drug-likeness (QED) is 0.784. The zero-order valence-electron chi connectivity index (χ0n) is 11.0. The zero-order valence-corrected chi connectivity index (χ0v) is 12.5. The standard InChI is InChI=1S/C15H12Cl2N4/c16-13-2-1-3-14(17)12(13)9-19-11-4-5-15(20-8-11)21-7-6-18-10-21/h1-8,10,19H,9H2. The van der Waals surface area contributed by atoms with Crippen LogP contribution in [0.25, 0.3) is 5.82 Å². The maximum Gasteiger partial charge on any atom is 0.137 e. The summed E-state index contributed by atoms with van der Waals surface area (Å²) in [7, 11) is 0. The van der Waals surface area contributed by atoms with E-state index in [1.165, 1.54) is 0 Å². The third kappa shape index (κ3) is 3.17. The molecule has 1 N–H and O–H groups in total. The van der Waals surface area contributed by atoms with E-state index in [1.54, 1.807) is 18.7 Å². The number of aromatic nitrogens is 3. The lowest BCUT2D eigenvalue weighted by molar-refractivity contribution is 0.990. The Bertz CT molecular complexity index is 704. The lowest BCUT2D eigenvalue weighted by Gasteiger charge is -2.10. The molecular weight excluding hydrogens is 307 g/mol. The van der Waals surface area contributed by atoms with E-state index in [-0.39, 0.29) is 0 Å². The highest BCUT2D eigenvalue weighted by Crippen LogP contribution is 2.25. The summed E-state index contributed by atoms with van der Waals surface area (Å²) in [4.78, 5) is 8.37. The molecule has 1 aromatic carbocycles. The van der Waals surface area contributed by atoms with Gasteiger partial charge in [-0.2, -0.15) is 0 Å². The van der Waals surface area contributed by atoms with E-state index >= 15 is 0 Å². The summed E-state index contributed by atoms with van der Waals surface area (Å²) in [6, 6.07) is 9.34. The molecule has 3 rings (SSSR count). The number of nitrogens with one attached hydrogen (secondary N) is 1. The molecule has 0 unspecified atom stereocenters. The van der Waals surface area contributed by atoms with E-state index in [1.807, 2.05) is 41.1 Å². The molecule has 0 saturated heterocycles. The average Bonchev–Trinajstić information content (AvgIpc) is 3.02. The van der Waals surface area contributed by atoms with Crippen molar-refractivity contribution < 1.29 is 0 Å². The van der Waals surface area contributed by atoms with E-state index in [2.05, 4.69) is 15.3 Å². The maximum atomic E-state index is 6.14. The first-order chi connectivity index (χ1) is 10.2. The molecule has 2 aromatic heterocycles. The molecule has 2 heterocycles. The Hall–Kier alpha value is -2.04. The number of imidazole rings is 1. The molecule has 0 spiro atoms. The van der Waals surface area contributed by atoms with E-state index in [0.29, 0.717) is 16.6 Å². The van der Waals surface area contributed by atoms with Gasteiger partial charge in [0.05, 0.1) is 11.9 Å². The van der Waals surface area contributed by atoms with Gasteiger partial charge in [0.25, 0.3) is 0 Å². The second-order valence-electron chi connectivity index (χ2n) is 4.43. The normalized spacial score (nSPS) is 10.6. The van der Waals surface area contributed by atoms with Crippen LogP contribution in [0.4, 0.5) is 5.69 Å². The highest BCUT2D eigenvalue weighted by atomic mass is 35.5. The molecule has 0 amide bonds. The maximum absolute atomic E-state index is 6.14. The molecular formula is C15H12Cl2N4. The molecule has 0 atom stereocenters. The zero-order chi connectivity index (χ0) is 14.7. The number of hydrogen-bond acceptors (Lipinski definition) is 3. The molecule has 6 heteroatoms. The lowest BCUT2D eigenvalue weighted by Crippen LogP contribution is -2.02. The average molecular weight is 319 g/mol. The van der Waals surface area contributed by atoms with Gasteiger partial charge in [-0.15, -0.1) is 0 Å². The first kappa shape index (κ1) is 13.9. The second-order valence-corrected chi connectivity index (χ2v) is 5.24. The summed E-state index contributed by atoms with van der Waals surface area (Å²) in [5.41, 5.74) is 1.77. The topological polar surface area (TPSA) is 42.7 Å². The van der Waals surface area contributed by atoms with Crippen molar-refractivity contribution in [2.24, 2.45) is 0 Å². The predicted molar refractivity (Wildman–Crippen MR) is 85.1 cm³/mol. The van der Waals surface area contributed by atoms with E-state index < -0.39 is 0 Å². The van der Waals surface area contributed by atoms with E-state index in [0.717, 1.165) is 17.1 Å². The van der Waals surface area contributed by atoms with Crippen molar-refractivity contribution in [2.45, 2.75) is 6.54 Å². The first-order valence-corrected chi connectivity index (χ1v) is 7.11. The SMILES string of the molecule is Clc1cccc(Cl)c1CNc1ccc(-n2ccnc2)nc1. The second kappa shape index (κ2) is 6.16. The van der Waals surface area contributed by atoms with Crippen LogP contribution in [0.2, 0.25) is 10.0 Å². The molecule has 0 aliphatic heterocycles. The first-order valence-electron chi connectivity index (χ1n) is 6.35. The van der Waals surface area contributed by atoms with Crippen LogP contribution in [0.3, 0.4) is 0 Å². The minimum Gasteiger partial charge on any atom is -0.380 e. The summed E-state index contributed by atoms with van der Waals surface area (Å²) < 4.78 is 1.84. The van der Waals surface area contributed by atoms with Crippen LogP contribution in [0, 0.1) is 0 Å². The Morgan fingerprint density at radius 3 is 2.52 bits per heavy atom. The lowest BCUT2D eigenvalue weighted by atomic mass is 10.2. The van der Waals surface area contributed by atoms with Crippen LogP contribution < -0.4 is 5.32 Å². The summed E-state index contributed by atoms with van der Waals surface area (Å²) in [6.07, 6.45) is 7.03. The molecule has 4 nitrogen and oxygen atoms in total. The van der Waals surface area contributed by atoms with E-state index in [9.17, 15) is 0 Å². The molecule has 0 aliphatic rings. The molecule has 106 valence electrons. The van der Waals surface area contributed by atoms with Crippen molar-refractivity contribution >= 4 is 28.9 Å². The minimum absolute atomic E-state index is 0.546. The molecule has 21 heavy (non-hydrogen) atoms. The van der Waals surface area contributed by atoms with Gasteiger partial charge in [-0.25, -0.2) is 9.97 Å². The van der Waals surface area contributed by atoms with Crippen LogP contribution in [0.1, 0.15) is 5.56 Å². The van der Waals surface area contributed by atoms with Gasteiger partial charge < -0.3 is 5.32 Å². The van der Waals surface area contributed by atoms with Crippen molar-refractivity contribution in [3.8, 4) is 5.82 Å². The van der Waals surface area contributed by atoms with E-state index in [4.69, 9.17) is 23.2 Å². The fraction of sp³-hybridized carbons (Fsp3) is 0.0667. The smallest absolute Gasteiger partial charge is 0.137 e. The number of anilines is 1. The minimum atomic E-state index is 0.546. The third-order valence-corrected chi connectivity index (χ3v) is 3.76. The van der Waals surface area contributed by atoms with Crippen LogP contribution in [0.5, 0.6) is 0 Å². The Morgan fingerprint density at radius 2 is 1.90 bits per heavy atom. The molecule has 0 saturated carbocycles. The Labute approximate surface area is 132 Å². The summed E-state index contributed by atoms with van der Waals surface area (Å²) in [5, 5.41) is 4.56. The Kier molecular flexibility index (Phi) is 4.08. The van der Waals surface area contributed by atoms with Gasteiger partial charge in [-0.05, 0) is 24.3 Å². The predicted octanol–water partition coefficient (Wildman–Crippen LogP) is 4.19. The van der Waals surface area contributed by atoms with Crippen molar-refractivity contribution in [3.63, 3.8) is 0 Å². The van der Waals surface area contributed by atoms with Gasteiger partial charge in [0.15, 0.2) is 0 Å². The highest BCUT2D eigenvalue weighted by Gasteiger charge is 2.05. The Morgan fingerprint density at radius 1 is 1.10 bits per heavy atom. The van der Waals surface area contributed by atoms with Crippen LogP contribution >= 0.6 is 23.2 Å². The molecule has 0 fully saturated rings. The van der Waals surface area contributed by atoms with Gasteiger partial charge in [0.1, 0.15) is 12.1 Å². The number of pyridine rings is 1. The van der Waals surface area contributed by atoms with Crippen molar-refractivity contribution in [1.82, 2.24) is 14.5 Å². The van der Waals surface area contributed by atoms with Crippen molar-refractivity contribution in [1.29, 1.82) is 0 Å². The number of halogens is 2. The fourth-order valence-electron chi connectivity index (χ4n) is 1.93. The summed E-state index contributed by atoms with van der Waals surface area (Å²) in [5.74, 6) is 0.814. The molecule has 0 radical (unpaired) electrons. The molecule has 3 aromatic rings. The summed E-state index contributed by atoms with van der Waals surface area (Å²) >= 11 is 12.3. The van der Waals surface area contributed by atoms with Crippen molar-refractivity contribution in [2.75, 3.05) is 5.32 Å². The van der Waals surface area contributed by atoms with Crippen molar-refractivity contribution in [3.05, 3.63) is 70.9 Å². The summed E-state index contributed by atoms with van der Waals surface area (Å²) in [6.45, 7) is 0.546. The number of hydrogen-bond donors (Lipinski definition) is 1. The van der Waals surface area contributed by atoms with Gasteiger partial charge in [-0.3, -0.25) is 4.57 Å². The van der Waals surface area contributed by atoms with Crippen LogP contribution in [-0.2, 0) is 6.54 Å². The monoisotopic (exact) mass is 318 g/mol. The molecule has 0 bridgehead atoms. The largest absolute Gasteiger partial charge is 0.380 e. The third-order valence-electron chi connectivity index (χ3n) is 3.05. The molecule has 0 aliphatic carbocycles. The van der Waals surface area contributed by atoms with Gasteiger partial charge in [0, 0.05) is 34.5 Å².